The zero-order valence-electron chi connectivity index (χ0n) is 8.94. The predicted molar refractivity (Wildman–Crippen MR) is 60.3 cm³/mol. The maximum Gasteiger partial charge on any atom is 0.263 e. The van der Waals surface area contributed by atoms with Crippen molar-refractivity contribution in [2.45, 2.75) is 19.9 Å². The summed E-state index contributed by atoms with van der Waals surface area (Å²) < 4.78 is 4.85. The molecular formula is C10H11ClN4O. The number of nitrogens with zero attached hydrogens (tertiary/aromatic N) is 3. The van der Waals surface area contributed by atoms with Gasteiger partial charge >= 0.3 is 0 Å². The molecule has 0 saturated carbocycles. The molecule has 0 aliphatic carbocycles. The van der Waals surface area contributed by atoms with E-state index in [0.29, 0.717) is 17.0 Å². The van der Waals surface area contributed by atoms with Gasteiger partial charge in [-0.15, -0.1) is 0 Å². The summed E-state index contributed by atoms with van der Waals surface area (Å²) in [6.07, 6.45) is 0. The Labute approximate surface area is 97.8 Å². The highest BCUT2D eigenvalue weighted by Crippen LogP contribution is 2.16. The van der Waals surface area contributed by atoms with Crippen molar-refractivity contribution in [3.8, 4) is 0 Å². The summed E-state index contributed by atoms with van der Waals surface area (Å²) in [6.45, 7) is 3.69. The van der Waals surface area contributed by atoms with E-state index >= 15 is 0 Å². The molecule has 0 amide bonds. The van der Waals surface area contributed by atoms with E-state index in [0.717, 1.165) is 5.69 Å². The van der Waals surface area contributed by atoms with E-state index in [2.05, 4.69) is 20.4 Å². The third kappa shape index (κ3) is 2.49. The van der Waals surface area contributed by atoms with Crippen molar-refractivity contribution in [3.05, 3.63) is 34.9 Å². The van der Waals surface area contributed by atoms with Crippen LogP contribution >= 0.6 is 11.6 Å². The van der Waals surface area contributed by atoms with Gasteiger partial charge in [-0.2, -0.15) is 4.98 Å². The number of anilines is 1. The summed E-state index contributed by atoms with van der Waals surface area (Å²) >= 11 is 5.81. The normalized spacial score (nSPS) is 12.4. The lowest BCUT2D eigenvalue weighted by Crippen LogP contribution is -2.09. The van der Waals surface area contributed by atoms with Gasteiger partial charge in [-0.1, -0.05) is 17.7 Å². The van der Waals surface area contributed by atoms with Crippen molar-refractivity contribution in [2.75, 3.05) is 5.32 Å². The average molecular weight is 239 g/mol. The number of hydrogen-bond donors (Lipinski definition) is 1. The minimum Gasteiger partial charge on any atom is -0.343 e. The molecule has 0 aliphatic rings. The first-order valence-electron chi connectivity index (χ1n) is 4.84. The number of pyridine rings is 1. The van der Waals surface area contributed by atoms with E-state index < -0.39 is 0 Å². The summed E-state index contributed by atoms with van der Waals surface area (Å²) in [7, 11) is 0. The molecule has 2 rings (SSSR count). The lowest BCUT2D eigenvalue weighted by molar-refractivity contribution is 0.394. The van der Waals surface area contributed by atoms with E-state index in [1.54, 1.807) is 13.0 Å². The first-order valence-corrected chi connectivity index (χ1v) is 5.22. The molecule has 0 bridgehead atoms. The summed E-state index contributed by atoms with van der Waals surface area (Å²) in [5, 5.41) is 7.28. The molecule has 0 radical (unpaired) electrons. The topological polar surface area (TPSA) is 63.8 Å². The van der Waals surface area contributed by atoms with Gasteiger partial charge in [0.15, 0.2) is 0 Å². The quantitative estimate of drug-likeness (QED) is 0.833. The maximum absolute atomic E-state index is 5.81. The highest BCUT2D eigenvalue weighted by atomic mass is 35.5. The third-order valence-electron chi connectivity index (χ3n) is 2.05. The van der Waals surface area contributed by atoms with Gasteiger partial charge in [-0.05, 0) is 24.2 Å². The van der Waals surface area contributed by atoms with Crippen LogP contribution in [0.2, 0.25) is 5.15 Å². The van der Waals surface area contributed by atoms with Crippen LogP contribution < -0.4 is 5.32 Å². The van der Waals surface area contributed by atoms with Crippen LogP contribution in [0, 0.1) is 6.92 Å². The van der Waals surface area contributed by atoms with Crippen molar-refractivity contribution in [1.82, 2.24) is 15.1 Å². The molecule has 0 saturated heterocycles. The van der Waals surface area contributed by atoms with Gasteiger partial charge in [0.2, 0.25) is 5.89 Å². The molecule has 1 N–H and O–H groups in total. The smallest absolute Gasteiger partial charge is 0.263 e. The van der Waals surface area contributed by atoms with E-state index in [4.69, 9.17) is 16.1 Å². The zero-order valence-corrected chi connectivity index (χ0v) is 9.69. The molecular weight excluding hydrogens is 228 g/mol. The second-order valence-corrected chi connectivity index (χ2v) is 3.78. The molecule has 0 aromatic carbocycles. The molecule has 0 fully saturated rings. The standard InChI is InChI=1S/C10H11ClN4O/c1-6(8-4-3-5-9(11)14-8)12-10-13-7(2)16-15-10/h3-6H,1-2H3,(H,12,15). The van der Waals surface area contributed by atoms with Gasteiger partial charge in [0.1, 0.15) is 5.15 Å². The SMILES string of the molecule is Cc1nc(NC(C)c2cccc(Cl)n2)no1. The summed E-state index contributed by atoms with van der Waals surface area (Å²) in [5.41, 5.74) is 0.829. The lowest BCUT2D eigenvalue weighted by Gasteiger charge is -2.10. The number of aromatic nitrogens is 3. The Kier molecular flexibility index (Phi) is 3.05. The summed E-state index contributed by atoms with van der Waals surface area (Å²) in [4.78, 5) is 8.24. The molecule has 2 heterocycles. The molecule has 0 aliphatic heterocycles. The van der Waals surface area contributed by atoms with Gasteiger partial charge in [0.25, 0.3) is 5.95 Å². The van der Waals surface area contributed by atoms with Gasteiger partial charge < -0.3 is 9.84 Å². The minimum atomic E-state index is -0.0318. The number of hydrogen-bond acceptors (Lipinski definition) is 5. The molecule has 16 heavy (non-hydrogen) atoms. The highest BCUT2D eigenvalue weighted by Gasteiger charge is 2.10. The van der Waals surface area contributed by atoms with Crippen LogP contribution in [-0.4, -0.2) is 15.1 Å². The average Bonchev–Trinajstić information content (AvgIpc) is 2.64. The van der Waals surface area contributed by atoms with Crippen molar-refractivity contribution in [1.29, 1.82) is 0 Å². The van der Waals surface area contributed by atoms with Crippen LogP contribution in [0.25, 0.3) is 0 Å². The predicted octanol–water partition coefficient (Wildman–Crippen LogP) is 2.60. The van der Waals surface area contributed by atoms with E-state index in [9.17, 15) is 0 Å². The molecule has 5 nitrogen and oxygen atoms in total. The van der Waals surface area contributed by atoms with Crippen LogP contribution in [0.1, 0.15) is 24.6 Å². The minimum absolute atomic E-state index is 0.0318. The Morgan fingerprint density at radius 3 is 2.81 bits per heavy atom. The number of aryl methyl sites for hydroxylation is 1. The Morgan fingerprint density at radius 2 is 2.19 bits per heavy atom. The molecule has 1 atom stereocenters. The number of rotatable bonds is 3. The fourth-order valence-electron chi connectivity index (χ4n) is 1.29. The lowest BCUT2D eigenvalue weighted by atomic mass is 10.2. The molecule has 84 valence electrons. The highest BCUT2D eigenvalue weighted by molar-refractivity contribution is 6.29. The Morgan fingerprint density at radius 1 is 1.38 bits per heavy atom. The van der Waals surface area contributed by atoms with E-state index in [-0.39, 0.29) is 6.04 Å². The van der Waals surface area contributed by atoms with Gasteiger partial charge in [0.05, 0.1) is 11.7 Å². The Balaban J connectivity index is 2.11. The van der Waals surface area contributed by atoms with Gasteiger partial charge in [0, 0.05) is 6.92 Å². The van der Waals surface area contributed by atoms with E-state index in [1.807, 2.05) is 19.1 Å². The van der Waals surface area contributed by atoms with Crippen LogP contribution in [0.4, 0.5) is 5.95 Å². The Bertz CT molecular complexity index is 485. The summed E-state index contributed by atoms with van der Waals surface area (Å²) in [6, 6.07) is 5.44. The fraction of sp³-hybridized carbons (Fsp3) is 0.300. The first-order chi connectivity index (χ1) is 7.65. The largest absolute Gasteiger partial charge is 0.343 e. The van der Waals surface area contributed by atoms with E-state index in [1.165, 1.54) is 0 Å². The van der Waals surface area contributed by atoms with Crippen molar-refractivity contribution in [2.24, 2.45) is 0 Å². The zero-order chi connectivity index (χ0) is 11.5. The second-order valence-electron chi connectivity index (χ2n) is 3.39. The molecule has 6 heteroatoms. The van der Waals surface area contributed by atoms with Gasteiger partial charge in [-0.3, -0.25) is 0 Å². The van der Waals surface area contributed by atoms with Crippen LogP contribution in [-0.2, 0) is 0 Å². The van der Waals surface area contributed by atoms with Crippen LogP contribution in [0.3, 0.4) is 0 Å². The third-order valence-corrected chi connectivity index (χ3v) is 2.26. The monoisotopic (exact) mass is 238 g/mol. The molecule has 1 unspecified atom stereocenters. The van der Waals surface area contributed by atoms with Gasteiger partial charge in [-0.25, -0.2) is 4.98 Å². The summed E-state index contributed by atoms with van der Waals surface area (Å²) in [5.74, 6) is 0.973. The van der Waals surface area contributed by atoms with Crippen molar-refractivity contribution >= 4 is 17.5 Å². The first kappa shape index (κ1) is 10.9. The maximum atomic E-state index is 5.81. The van der Waals surface area contributed by atoms with Crippen LogP contribution in [0.5, 0.6) is 0 Å². The number of nitrogens with one attached hydrogen (secondary N) is 1. The number of halogens is 1. The van der Waals surface area contributed by atoms with Crippen molar-refractivity contribution < 1.29 is 4.52 Å². The van der Waals surface area contributed by atoms with Crippen molar-refractivity contribution in [3.63, 3.8) is 0 Å². The molecule has 2 aromatic rings. The molecule has 2 aromatic heterocycles. The fourth-order valence-corrected chi connectivity index (χ4v) is 1.46. The molecule has 0 spiro atoms. The Hall–Kier alpha value is -1.62. The second kappa shape index (κ2) is 4.49. The van der Waals surface area contributed by atoms with Crippen LogP contribution in [0.15, 0.2) is 22.7 Å².